The first-order valence-corrected chi connectivity index (χ1v) is 4.86. The summed E-state index contributed by atoms with van der Waals surface area (Å²) in [4.78, 5) is 11.9. The molecule has 0 spiro atoms. The molecule has 2 heterocycles. The van der Waals surface area contributed by atoms with Crippen LogP contribution in [0.15, 0.2) is 6.33 Å². The highest BCUT2D eigenvalue weighted by molar-refractivity contribution is 5.97. The van der Waals surface area contributed by atoms with Crippen LogP contribution in [0.3, 0.4) is 0 Å². The van der Waals surface area contributed by atoms with E-state index in [1.165, 1.54) is 6.33 Å². The maximum atomic E-state index is 11.9. The molecule has 1 N–H and O–H groups in total. The standard InChI is InChI=1S/C9H14N4O2/c1-13-5-11-12-9(13)8(14)7-3-6(15-2)4-10-7/h5-7,10H,3-4H2,1-2H3. The molecular weight excluding hydrogens is 196 g/mol. The van der Waals surface area contributed by atoms with E-state index in [0.717, 1.165) is 0 Å². The number of hydrogen-bond acceptors (Lipinski definition) is 5. The largest absolute Gasteiger partial charge is 0.380 e. The van der Waals surface area contributed by atoms with Crippen LogP contribution in [0, 0.1) is 0 Å². The van der Waals surface area contributed by atoms with Crippen LogP contribution in [0.1, 0.15) is 17.0 Å². The molecule has 2 unspecified atom stereocenters. The molecule has 1 aromatic heterocycles. The maximum Gasteiger partial charge on any atom is 0.217 e. The number of hydrogen-bond donors (Lipinski definition) is 1. The van der Waals surface area contributed by atoms with Gasteiger partial charge in [0.2, 0.25) is 11.6 Å². The van der Waals surface area contributed by atoms with E-state index >= 15 is 0 Å². The molecule has 0 radical (unpaired) electrons. The van der Waals surface area contributed by atoms with Crippen molar-refractivity contribution in [1.82, 2.24) is 20.1 Å². The molecule has 1 aliphatic heterocycles. The van der Waals surface area contributed by atoms with Gasteiger partial charge in [-0.05, 0) is 6.42 Å². The van der Waals surface area contributed by atoms with Crippen LogP contribution in [0.25, 0.3) is 0 Å². The molecule has 2 rings (SSSR count). The zero-order valence-electron chi connectivity index (χ0n) is 8.80. The zero-order valence-corrected chi connectivity index (χ0v) is 8.80. The van der Waals surface area contributed by atoms with Gasteiger partial charge in [0.05, 0.1) is 12.1 Å². The lowest BCUT2D eigenvalue weighted by Crippen LogP contribution is -2.32. The maximum absolute atomic E-state index is 11.9. The molecule has 0 bridgehead atoms. The third-order valence-corrected chi connectivity index (χ3v) is 2.67. The molecule has 1 fully saturated rings. The fraction of sp³-hybridized carbons (Fsp3) is 0.667. The Kier molecular flexibility index (Phi) is 2.79. The Labute approximate surface area is 87.6 Å². The van der Waals surface area contributed by atoms with Crippen LogP contribution in [-0.2, 0) is 11.8 Å². The summed E-state index contributed by atoms with van der Waals surface area (Å²) in [6.07, 6.45) is 2.34. The molecule has 1 aromatic rings. The van der Waals surface area contributed by atoms with Gasteiger partial charge in [-0.25, -0.2) is 0 Å². The van der Waals surface area contributed by atoms with Crippen molar-refractivity contribution in [2.45, 2.75) is 18.6 Å². The summed E-state index contributed by atoms with van der Waals surface area (Å²) in [5.41, 5.74) is 0. The molecule has 0 amide bonds. The van der Waals surface area contributed by atoms with Crippen molar-refractivity contribution in [3.63, 3.8) is 0 Å². The summed E-state index contributed by atoms with van der Waals surface area (Å²) >= 11 is 0. The van der Waals surface area contributed by atoms with Gasteiger partial charge in [-0.15, -0.1) is 10.2 Å². The van der Waals surface area contributed by atoms with Crippen LogP contribution in [0.5, 0.6) is 0 Å². The quantitative estimate of drug-likeness (QED) is 0.673. The first kappa shape index (κ1) is 10.3. The highest BCUT2D eigenvalue weighted by Gasteiger charge is 2.31. The van der Waals surface area contributed by atoms with Gasteiger partial charge in [0.1, 0.15) is 6.33 Å². The minimum Gasteiger partial charge on any atom is -0.380 e. The number of ketones is 1. The summed E-state index contributed by atoms with van der Waals surface area (Å²) < 4.78 is 6.81. The summed E-state index contributed by atoms with van der Waals surface area (Å²) in [6.45, 7) is 0.713. The molecule has 0 saturated carbocycles. The van der Waals surface area contributed by atoms with Gasteiger partial charge in [0.15, 0.2) is 0 Å². The van der Waals surface area contributed by atoms with Crippen LogP contribution in [0.4, 0.5) is 0 Å². The van der Waals surface area contributed by atoms with Crippen molar-refractivity contribution in [3.8, 4) is 0 Å². The summed E-state index contributed by atoms with van der Waals surface area (Å²) in [7, 11) is 3.41. The van der Waals surface area contributed by atoms with Crippen LogP contribution in [0.2, 0.25) is 0 Å². The van der Waals surface area contributed by atoms with Gasteiger partial charge in [0.25, 0.3) is 0 Å². The number of carbonyl (C=O) groups is 1. The minimum atomic E-state index is -0.196. The monoisotopic (exact) mass is 210 g/mol. The van der Waals surface area contributed by atoms with E-state index in [-0.39, 0.29) is 17.9 Å². The van der Waals surface area contributed by atoms with E-state index in [4.69, 9.17) is 4.74 Å². The lowest BCUT2D eigenvalue weighted by Gasteiger charge is -2.07. The third-order valence-electron chi connectivity index (χ3n) is 2.67. The molecule has 0 aliphatic carbocycles. The molecule has 0 aromatic carbocycles. The Morgan fingerprint density at radius 3 is 3.07 bits per heavy atom. The number of methoxy groups -OCH3 is 1. The third kappa shape index (κ3) is 1.91. The molecule has 1 aliphatic rings. The summed E-state index contributed by atoms with van der Waals surface area (Å²) in [5.74, 6) is 0.374. The van der Waals surface area contributed by atoms with Crippen molar-refractivity contribution in [3.05, 3.63) is 12.2 Å². The Hall–Kier alpha value is -1.27. The van der Waals surface area contributed by atoms with Gasteiger partial charge in [-0.3, -0.25) is 4.79 Å². The van der Waals surface area contributed by atoms with E-state index in [0.29, 0.717) is 18.8 Å². The number of rotatable bonds is 3. The van der Waals surface area contributed by atoms with E-state index in [2.05, 4.69) is 15.5 Å². The Balaban J connectivity index is 2.07. The Morgan fingerprint density at radius 1 is 1.73 bits per heavy atom. The van der Waals surface area contributed by atoms with Gasteiger partial charge in [0, 0.05) is 20.7 Å². The van der Waals surface area contributed by atoms with E-state index < -0.39 is 0 Å². The van der Waals surface area contributed by atoms with E-state index in [1.807, 2.05) is 0 Å². The van der Waals surface area contributed by atoms with Crippen molar-refractivity contribution < 1.29 is 9.53 Å². The number of aryl methyl sites for hydroxylation is 1. The highest BCUT2D eigenvalue weighted by atomic mass is 16.5. The van der Waals surface area contributed by atoms with Gasteiger partial charge in [-0.2, -0.15) is 0 Å². The first-order valence-electron chi connectivity index (χ1n) is 4.86. The lowest BCUT2D eigenvalue weighted by atomic mass is 10.1. The number of aromatic nitrogens is 3. The average Bonchev–Trinajstić information content (AvgIpc) is 2.84. The summed E-state index contributed by atoms with van der Waals surface area (Å²) in [5, 5.41) is 10.6. The second kappa shape index (κ2) is 4.08. The van der Waals surface area contributed by atoms with Gasteiger partial charge in [-0.1, -0.05) is 0 Å². The average molecular weight is 210 g/mol. The Morgan fingerprint density at radius 2 is 2.53 bits per heavy atom. The van der Waals surface area contributed by atoms with Crippen LogP contribution in [-0.4, -0.2) is 46.3 Å². The number of carbonyl (C=O) groups excluding carboxylic acids is 1. The van der Waals surface area contributed by atoms with Crippen LogP contribution < -0.4 is 5.32 Å². The molecule has 82 valence electrons. The first-order chi connectivity index (χ1) is 7.22. The molecule has 1 saturated heterocycles. The van der Waals surface area contributed by atoms with Crippen molar-refractivity contribution in [2.75, 3.05) is 13.7 Å². The van der Waals surface area contributed by atoms with Gasteiger partial charge < -0.3 is 14.6 Å². The predicted molar refractivity (Wildman–Crippen MR) is 52.5 cm³/mol. The fourth-order valence-corrected chi connectivity index (χ4v) is 1.74. The topological polar surface area (TPSA) is 69.0 Å². The number of nitrogens with one attached hydrogen (secondary N) is 1. The second-order valence-corrected chi connectivity index (χ2v) is 3.68. The number of ether oxygens (including phenoxy) is 1. The summed E-state index contributed by atoms with van der Waals surface area (Å²) in [6, 6.07) is -0.196. The van der Waals surface area contributed by atoms with Crippen molar-refractivity contribution in [1.29, 1.82) is 0 Å². The molecule has 15 heavy (non-hydrogen) atoms. The fourth-order valence-electron chi connectivity index (χ4n) is 1.74. The predicted octanol–water partition coefficient (Wildman–Crippen LogP) is -0.625. The van der Waals surface area contributed by atoms with E-state index in [9.17, 15) is 4.79 Å². The van der Waals surface area contributed by atoms with E-state index in [1.54, 1.807) is 18.7 Å². The number of nitrogens with zero attached hydrogens (tertiary/aromatic N) is 3. The zero-order chi connectivity index (χ0) is 10.8. The SMILES string of the molecule is COC1CNC(C(=O)c2nncn2C)C1. The minimum absolute atomic E-state index is 0.0189. The van der Waals surface area contributed by atoms with Crippen molar-refractivity contribution in [2.24, 2.45) is 7.05 Å². The lowest BCUT2D eigenvalue weighted by molar-refractivity contribution is 0.0906. The molecule has 6 nitrogen and oxygen atoms in total. The second-order valence-electron chi connectivity index (χ2n) is 3.68. The molecule has 2 atom stereocenters. The van der Waals surface area contributed by atoms with Gasteiger partial charge >= 0.3 is 0 Å². The van der Waals surface area contributed by atoms with Crippen molar-refractivity contribution >= 4 is 5.78 Å². The smallest absolute Gasteiger partial charge is 0.217 e. The molecule has 6 heteroatoms. The van der Waals surface area contributed by atoms with Crippen LogP contribution >= 0.6 is 0 Å². The number of Topliss-reactive ketones (excluding diaryl/α,β-unsaturated/α-hetero) is 1. The Bertz CT molecular complexity index is 363. The highest BCUT2D eigenvalue weighted by Crippen LogP contribution is 2.13. The molecular formula is C9H14N4O2. The normalized spacial score (nSPS) is 25.7.